The number of imidazole rings is 1. The minimum absolute atomic E-state index is 0.0299. The highest BCUT2D eigenvalue weighted by Gasteiger charge is 2.44. The molecule has 3 aromatic heterocycles. The highest BCUT2D eigenvalue weighted by molar-refractivity contribution is 5.93. The molecule has 2 aliphatic rings. The second-order valence-corrected chi connectivity index (χ2v) is 8.53. The van der Waals surface area contributed by atoms with Gasteiger partial charge in [0.2, 0.25) is 0 Å². The van der Waals surface area contributed by atoms with Gasteiger partial charge in [0.25, 0.3) is 5.56 Å². The molecule has 0 unspecified atom stereocenters. The lowest BCUT2D eigenvalue weighted by molar-refractivity contribution is -0.0985. The van der Waals surface area contributed by atoms with Gasteiger partial charge in [0, 0.05) is 42.7 Å². The smallest absolute Gasteiger partial charge is 0.276 e. The lowest BCUT2D eigenvalue weighted by Crippen LogP contribution is -2.44. The molecule has 1 aromatic carbocycles. The van der Waals surface area contributed by atoms with E-state index in [1.165, 1.54) is 0 Å². The Kier molecular flexibility index (Phi) is 3.92. The van der Waals surface area contributed by atoms with Crippen molar-refractivity contribution in [1.29, 1.82) is 0 Å². The lowest BCUT2D eigenvalue weighted by atomic mass is 9.85. The molecule has 0 N–H and O–H groups in total. The third-order valence-electron chi connectivity index (χ3n) is 6.45. The van der Waals surface area contributed by atoms with E-state index in [-0.39, 0.29) is 11.0 Å². The van der Waals surface area contributed by atoms with E-state index >= 15 is 0 Å². The van der Waals surface area contributed by atoms with E-state index in [0.29, 0.717) is 13.0 Å². The van der Waals surface area contributed by atoms with Crippen LogP contribution in [-0.4, -0.2) is 45.5 Å². The number of fused-ring (bicyclic) bond motifs is 2. The van der Waals surface area contributed by atoms with Gasteiger partial charge in [-0.05, 0) is 24.6 Å². The van der Waals surface area contributed by atoms with Gasteiger partial charge in [0.15, 0.2) is 0 Å². The molecule has 6 rings (SSSR count). The molecule has 0 radical (unpaired) electrons. The molecule has 2 saturated heterocycles. The Morgan fingerprint density at radius 3 is 2.87 bits per heavy atom. The topological polar surface area (TPSA) is 64.7 Å². The van der Waals surface area contributed by atoms with E-state index in [1.807, 2.05) is 53.3 Å². The molecule has 1 spiro atoms. The van der Waals surface area contributed by atoms with Gasteiger partial charge in [-0.3, -0.25) is 4.79 Å². The first kappa shape index (κ1) is 17.7. The summed E-state index contributed by atoms with van der Waals surface area (Å²) in [6, 6.07) is 12.0. The van der Waals surface area contributed by atoms with Crippen molar-refractivity contribution in [2.24, 2.45) is 5.41 Å². The molecule has 0 amide bonds. The Bertz CT molecular complexity index is 1270. The van der Waals surface area contributed by atoms with Crippen molar-refractivity contribution in [3.8, 4) is 0 Å². The first-order chi connectivity index (χ1) is 14.7. The normalized spacial score (nSPS) is 17.8. The zero-order valence-electron chi connectivity index (χ0n) is 16.7. The van der Waals surface area contributed by atoms with Crippen molar-refractivity contribution in [3.63, 3.8) is 0 Å². The molecule has 4 aromatic rings. The molecule has 0 bridgehead atoms. The number of pyridine rings is 1. The van der Waals surface area contributed by atoms with Gasteiger partial charge in [0.1, 0.15) is 5.65 Å². The van der Waals surface area contributed by atoms with Crippen LogP contribution >= 0.6 is 0 Å². The maximum absolute atomic E-state index is 13.4. The van der Waals surface area contributed by atoms with Crippen LogP contribution in [0.1, 0.15) is 12.1 Å². The number of rotatable bonds is 4. The summed E-state index contributed by atoms with van der Waals surface area (Å²) in [5.41, 5.74) is 3.13. The zero-order chi connectivity index (χ0) is 20.1. The molecule has 7 heteroatoms. The van der Waals surface area contributed by atoms with Crippen molar-refractivity contribution < 1.29 is 4.74 Å². The van der Waals surface area contributed by atoms with Crippen LogP contribution in [0.5, 0.6) is 0 Å². The van der Waals surface area contributed by atoms with E-state index in [2.05, 4.69) is 21.0 Å². The fraction of sp³-hybridized carbons (Fsp3) is 0.348. The monoisotopic (exact) mass is 401 g/mol. The maximum atomic E-state index is 13.4. The minimum Gasteiger partial charge on any atom is -0.380 e. The molecule has 30 heavy (non-hydrogen) atoms. The molecule has 2 fully saturated rings. The SMILES string of the molecule is O=c1c2c(N3CCC4(COC4)C3)cccc2cnn1CCc1cn2ccccc2n1. The summed E-state index contributed by atoms with van der Waals surface area (Å²) in [7, 11) is 0. The first-order valence-electron chi connectivity index (χ1n) is 10.5. The summed E-state index contributed by atoms with van der Waals surface area (Å²) in [5.74, 6) is 0. The average Bonchev–Trinajstić information content (AvgIpc) is 3.37. The van der Waals surface area contributed by atoms with Crippen molar-refractivity contribution in [2.45, 2.75) is 19.4 Å². The van der Waals surface area contributed by atoms with Crippen molar-refractivity contribution in [2.75, 3.05) is 31.2 Å². The molecular weight excluding hydrogens is 378 g/mol. The molecule has 2 aliphatic heterocycles. The zero-order valence-corrected chi connectivity index (χ0v) is 16.7. The van der Waals surface area contributed by atoms with E-state index < -0.39 is 0 Å². The van der Waals surface area contributed by atoms with Crippen LogP contribution in [0, 0.1) is 5.41 Å². The van der Waals surface area contributed by atoms with Gasteiger partial charge >= 0.3 is 0 Å². The summed E-state index contributed by atoms with van der Waals surface area (Å²) in [4.78, 5) is 20.3. The fourth-order valence-electron chi connectivity index (χ4n) is 4.73. The van der Waals surface area contributed by atoms with Crippen LogP contribution in [0.2, 0.25) is 0 Å². The van der Waals surface area contributed by atoms with Crippen LogP contribution in [0.25, 0.3) is 16.4 Å². The van der Waals surface area contributed by atoms with Crippen LogP contribution in [-0.2, 0) is 17.7 Å². The van der Waals surface area contributed by atoms with Gasteiger partial charge in [-0.1, -0.05) is 18.2 Å². The fourth-order valence-corrected chi connectivity index (χ4v) is 4.73. The van der Waals surface area contributed by atoms with E-state index in [4.69, 9.17) is 4.74 Å². The highest BCUT2D eigenvalue weighted by Crippen LogP contribution is 2.40. The predicted octanol–water partition coefficient (Wildman–Crippen LogP) is 2.51. The predicted molar refractivity (Wildman–Crippen MR) is 115 cm³/mol. The van der Waals surface area contributed by atoms with Crippen LogP contribution in [0.3, 0.4) is 0 Å². The first-order valence-corrected chi connectivity index (χ1v) is 10.5. The lowest BCUT2D eigenvalue weighted by Gasteiger charge is -2.38. The standard InChI is InChI=1S/C23H23N5O2/c29-22-21-17(4-3-5-19(21)27-11-8-23(14-27)15-30-16-23)12-24-28(22)10-7-18-13-26-9-2-1-6-20(26)25-18/h1-6,9,12-13H,7-8,10-11,14-16H2. The average molecular weight is 401 g/mol. The van der Waals surface area contributed by atoms with Gasteiger partial charge < -0.3 is 14.0 Å². The molecule has 152 valence electrons. The second kappa shape index (κ2) is 6.67. The van der Waals surface area contributed by atoms with Gasteiger partial charge in [0.05, 0.1) is 42.7 Å². The Labute approximate surface area is 173 Å². The van der Waals surface area contributed by atoms with E-state index in [0.717, 1.165) is 60.5 Å². The molecule has 0 saturated carbocycles. The number of ether oxygens (including phenoxy) is 1. The number of aryl methyl sites for hydroxylation is 2. The molecule has 7 nitrogen and oxygen atoms in total. The number of benzene rings is 1. The Morgan fingerprint density at radius 1 is 1.13 bits per heavy atom. The Hall–Kier alpha value is -3.19. The molecular formula is C23H23N5O2. The second-order valence-electron chi connectivity index (χ2n) is 8.53. The van der Waals surface area contributed by atoms with Gasteiger partial charge in [-0.25, -0.2) is 9.67 Å². The molecule has 0 atom stereocenters. The Balaban J connectivity index is 1.32. The summed E-state index contributed by atoms with van der Waals surface area (Å²) in [5, 5.41) is 6.09. The number of hydrogen-bond acceptors (Lipinski definition) is 5. The van der Waals surface area contributed by atoms with Crippen molar-refractivity contribution >= 4 is 22.1 Å². The summed E-state index contributed by atoms with van der Waals surface area (Å²) >= 11 is 0. The van der Waals surface area contributed by atoms with E-state index in [1.54, 1.807) is 4.68 Å². The van der Waals surface area contributed by atoms with Crippen LogP contribution in [0.15, 0.2) is 59.8 Å². The summed E-state index contributed by atoms with van der Waals surface area (Å²) in [6.45, 7) is 4.09. The summed E-state index contributed by atoms with van der Waals surface area (Å²) in [6.07, 6.45) is 7.58. The third kappa shape index (κ3) is 2.81. The number of hydrogen-bond donors (Lipinski definition) is 0. The van der Waals surface area contributed by atoms with Gasteiger partial charge in [-0.2, -0.15) is 5.10 Å². The van der Waals surface area contributed by atoms with E-state index in [9.17, 15) is 4.79 Å². The number of nitrogens with zero attached hydrogens (tertiary/aromatic N) is 5. The minimum atomic E-state index is -0.0299. The molecule has 0 aliphatic carbocycles. The maximum Gasteiger partial charge on any atom is 0.276 e. The molecule has 5 heterocycles. The highest BCUT2D eigenvalue weighted by atomic mass is 16.5. The third-order valence-corrected chi connectivity index (χ3v) is 6.45. The van der Waals surface area contributed by atoms with Crippen molar-refractivity contribution in [3.05, 3.63) is 71.0 Å². The van der Waals surface area contributed by atoms with Crippen molar-refractivity contribution in [1.82, 2.24) is 19.2 Å². The Morgan fingerprint density at radius 2 is 2.07 bits per heavy atom. The largest absolute Gasteiger partial charge is 0.380 e. The van der Waals surface area contributed by atoms with Gasteiger partial charge in [-0.15, -0.1) is 0 Å². The summed E-state index contributed by atoms with van der Waals surface area (Å²) < 4.78 is 9.04. The quantitative estimate of drug-likeness (QED) is 0.526. The van der Waals surface area contributed by atoms with Crippen LogP contribution in [0.4, 0.5) is 5.69 Å². The van der Waals surface area contributed by atoms with Crippen LogP contribution < -0.4 is 10.5 Å². The number of aromatic nitrogens is 4. The number of anilines is 1.